The summed E-state index contributed by atoms with van der Waals surface area (Å²) in [5.41, 5.74) is 0.00841. The first kappa shape index (κ1) is 12.3. The Bertz CT molecular complexity index is 571. The minimum atomic E-state index is -0.674. The highest BCUT2D eigenvalue weighted by atomic mass is 32.2. The van der Waals surface area contributed by atoms with Gasteiger partial charge in [0.2, 0.25) is 5.91 Å². The van der Waals surface area contributed by atoms with Crippen molar-refractivity contribution in [3.63, 3.8) is 0 Å². The standard InChI is InChI=1S/C11H7FN2O3S/c12-6-3-1-2-4-7(6)13-9(15)5-8-10(16)14-11(17)18-8/h1-5H,(H,13,15)(H,14,16,17)/b8-5-. The molecule has 92 valence electrons. The third-order valence-corrected chi connectivity index (χ3v) is 2.85. The van der Waals surface area contributed by atoms with Gasteiger partial charge in [0.1, 0.15) is 5.82 Å². The molecule has 1 aromatic rings. The topological polar surface area (TPSA) is 75.3 Å². The largest absolute Gasteiger partial charge is 0.320 e. The average molecular weight is 266 g/mol. The number of amides is 3. The van der Waals surface area contributed by atoms with Crippen LogP contribution in [0.4, 0.5) is 14.9 Å². The number of carbonyl (C=O) groups excluding carboxylic acids is 3. The van der Waals surface area contributed by atoms with Gasteiger partial charge in [0.05, 0.1) is 10.6 Å². The molecule has 0 bridgehead atoms. The number of hydrogen-bond donors (Lipinski definition) is 2. The Kier molecular flexibility index (Phi) is 3.42. The molecule has 2 N–H and O–H groups in total. The molecular weight excluding hydrogens is 259 g/mol. The minimum Gasteiger partial charge on any atom is -0.320 e. The van der Waals surface area contributed by atoms with E-state index in [-0.39, 0.29) is 10.6 Å². The van der Waals surface area contributed by atoms with Crippen LogP contribution < -0.4 is 10.6 Å². The van der Waals surface area contributed by atoms with E-state index in [1.54, 1.807) is 6.07 Å². The van der Waals surface area contributed by atoms with Gasteiger partial charge in [0.25, 0.3) is 11.1 Å². The van der Waals surface area contributed by atoms with Gasteiger partial charge in [-0.15, -0.1) is 0 Å². The lowest BCUT2D eigenvalue weighted by molar-refractivity contribution is -0.116. The first-order chi connectivity index (χ1) is 8.56. The molecule has 0 aliphatic carbocycles. The Labute approximate surface area is 105 Å². The molecule has 0 radical (unpaired) electrons. The van der Waals surface area contributed by atoms with Gasteiger partial charge in [-0.05, 0) is 23.9 Å². The van der Waals surface area contributed by atoms with E-state index in [2.05, 4.69) is 5.32 Å². The molecule has 3 amide bonds. The second-order valence-corrected chi connectivity index (χ2v) is 4.34. The van der Waals surface area contributed by atoms with E-state index in [0.29, 0.717) is 11.8 Å². The first-order valence-corrected chi connectivity index (χ1v) is 5.68. The lowest BCUT2D eigenvalue weighted by atomic mass is 10.3. The Morgan fingerprint density at radius 2 is 2.06 bits per heavy atom. The summed E-state index contributed by atoms with van der Waals surface area (Å²) in [4.78, 5) is 33.5. The quantitative estimate of drug-likeness (QED) is 0.798. The molecule has 1 fully saturated rings. The van der Waals surface area contributed by atoms with E-state index in [1.165, 1.54) is 18.2 Å². The van der Waals surface area contributed by atoms with Gasteiger partial charge < -0.3 is 5.32 Å². The van der Waals surface area contributed by atoms with Gasteiger partial charge in [-0.2, -0.15) is 0 Å². The number of anilines is 1. The molecule has 1 aliphatic rings. The van der Waals surface area contributed by atoms with E-state index in [1.807, 2.05) is 5.32 Å². The van der Waals surface area contributed by atoms with Crippen molar-refractivity contribution in [2.75, 3.05) is 5.32 Å². The Hall–Kier alpha value is -2.15. The van der Waals surface area contributed by atoms with E-state index >= 15 is 0 Å². The lowest BCUT2D eigenvalue weighted by Gasteiger charge is -2.02. The zero-order valence-corrected chi connectivity index (χ0v) is 9.71. The monoisotopic (exact) mass is 266 g/mol. The molecule has 0 atom stereocenters. The molecule has 1 saturated heterocycles. The maximum absolute atomic E-state index is 13.2. The second kappa shape index (κ2) is 5.01. The number of halogens is 1. The van der Waals surface area contributed by atoms with Gasteiger partial charge in [0.15, 0.2) is 0 Å². The van der Waals surface area contributed by atoms with Crippen LogP contribution in [-0.4, -0.2) is 17.1 Å². The molecule has 5 nitrogen and oxygen atoms in total. The van der Waals surface area contributed by atoms with Crippen LogP contribution in [0.3, 0.4) is 0 Å². The maximum atomic E-state index is 13.2. The van der Waals surface area contributed by atoms with Crippen LogP contribution in [0, 0.1) is 5.82 Å². The van der Waals surface area contributed by atoms with Gasteiger partial charge in [-0.3, -0.25) is 19.7 Å². The highest BCUT2D eigenvalue weighted by Gasteiger charge is 2.25. The number of para-hydroxylation sites is 1. The zero-order chi connectivity index (χ0) is 13.1. The summed E-state index contributed by atoms with van der Waals surface area (Å²) in [6.45, 7) is 0. The van der Waals surface area contributed by atoms with E-state index in [4.69, 9.17) is 0 Å². The highest BCUT2D eigenvalue weighted by Crippen LogP contribution is 2.23. The van der Waals surface area contributed by atoms with Gasteiger partial charge >= 0.3 is 0 Å². The van der Waals surface area contributed by atoms with Crippen molar-refractivity contribution >= 4 is 34.5 Å². The van der Waals surface area contributed by atoms with Gasteiger partial charge in [-0.25, -0.2) is 4.39 Å². The molecule has 7 heteroatoms. The summed E-state index contributed by atoms with van der Waals surface area (Å²) >= 11 is 0.624. The summed E-state index contributed by atoms with van der Waals surface area (Å²) in [6.07, 6.45) is 0.956. The van der Waals surface area contributed by atoms with Crippen LogP contribution in [-0.2, 0) is 9.59 Å². The summed E-state index contributed by atoms with van der Waals surface area (Å²) < 4.78 is 13.2. The van der Waals surface area contributed by atoms with Crippen LogP contribution in [0.1, 0.15) is 0 Å². The molecule has 0 unspecified atom stereocenters. The number of benzene rings is 1. The summed E-state index contributed by atoms with van der Waals surface area (Å²) in [7, 11) is 0. The number of rotatable bonds is 2. The first-order valence-electron chi connectivity index (χ1n) is 4.86. The molecule has 0 spiro atoms. The number of nitrogens with one attached hydrogen (secondary N) is 2. The number of thioether (sulfide) groups is 1. The third kappa shape index (κ3) is 2.75. The lowest BCUT2D eigenvalue weighted by Crippen LogP contribution is -2.19. The van der Waals surface area contributed by atoms with Crippen LogP contribution in [0.15, 0.2) is 35.2 Å². The molecule has 18 heavy (non-hydrogen) atoms. The number of carbonyl (C=O) groups is 3. The molecule has 0 saturated carbocycles. The molecule has 0 aromatic heterocycles. The van der Waals surface area contributed by atoms with Crippen molar-refractivity contribution in [2.24, 2.45) is 0 Å². The molecule has 2 rings (SSSR count). The Morgan fingerprint density at radius 3 is 2.67 bits per heavy atom. The van der Waals surface area contributed by atoms with E-state index in [0.717, 1.165) is 6.08 Å². The summed E-state index contributed by atoms with van der Waals surface area (Å²) in [5, 5.41) is 3.75. The van der Waals surface area contributed by atoms with Crippen molar-refractivity contribution in [3.05, 3.63) is 41.1 Å². The minimum absolute atomic E-state index is 0.00841. The summed E-state index contributed by atoms with van der Waals surface area (Å²) in [5.74, 6) is -1.88. The number of imide groups is 1. The van der Waals surface area contributed by atoms with E-state index in [9.17, 15) is 18.8 Å². The van der Waals surface area contributed by atoms with Crippen LogP contribution in [0.5, 0.6) is 0 Å². The van der Waals surface area contributed by atoms with Crippen LogP contribution in [0.25, 0.3) is 0 Å². The van der Waals surface area contributed by atoms with Crippen LogP contribution in [0.2, 0.25) is 0 Å². The molecular formula is C11H7FN2O3S. The molecule has 1 heterocycles. The van der Waals surface area contributed by atoms with Gasteiger partial charge in [-0.1, -0.05) is 12.1 Å². The normalized spacial score (nSPS) is 16.8. The molecule has 1 aromatic carbocycles. The second-order valence-electron chi connectivity index (χ2n) is 3.32. The maximum Gasteiger partial charge on any atom is 0.290 e. The van der Waals surface area contributed by atoms with E-state index < -0.39 is 22.9 Å². The average Bonchev–Trinajstić information content (AvgIpc) is 2.61. The highest BCUT2D eigenvalue weighted by molar-refractivity contribution is 8.18. The van der Waals surface area contributed by atoms with Crippen molar-refractivity contribution in [1.82, 2.24) is 5.32 Å². The third-order valence-electron chi connectivity index (χ3n) is 2.04. The predicted octanol–water partition coefficient (Wildman–Crippen LogP) is 1.63. The van der Waals surface area contributed by atoms with Gasteiger partial charge in [0, 0.05) is 6.08 Å². The fourth-order valence-electron chi connectivity index (χ4n) is 1.27. The summed E-state index contributed by atoms with van der Waals surface area (Å²) in [6, 6.07) is 5.64. The van der Waals surface area contributed by atoms with Crippen LogP contribution >= 0.6 is 11.8 Å². The SMILES string of the molecule is O=C(/C=C1\SC(=O)NC1=O)Nc1ccccc1F. The Balaban J connectivity index is 2.10. The smallest absolute Gasteiger partial charge is 0.290 e. The van der Waals surface area contributed by atoms with Crippen molar-refractivity contribution in [3.8, 4) is 0 Å². The zero-order valence-electron chi connectivity index (χ0n) is 8.90. The fourth-order valence-corrected chi connectivity index (χ4v) is 1.92. The number of hydrogen-bond acceptors (Lipinski definition) is 4. The fraction of sp³-hybridized carbons (Fsp3) is 0. The molecule has 1 aliphatic heterocycles. The van der Waals surface area contributed by atoms with Crippen molar-refractivity contribution in [1.29, 1.82) is 0 Å². The van der Waals surface area contributed by atoms with Crippen molar-refractivity contribution in [2.45, 2.75) is 0 Å². The predicted molar refractivity (Wildman–Crippen MR) is 64.2 cm³/mol. The van der Waals surface area contributed by atoms with Crippen molar-refractivity contribution < 1.29 is 18.8 Å². The Morgan fingerprint density at radius 1 is 1.33 bits per heavy atom.